The molecule has 3 aromatic rings. The van der Waals surface area contributed by atoms with Crippen molar-refractivity contribution in [3.8, 4) is 0 Å². The van der Waals surface area contributed by atoms with Gasteiger partial charge >= 0.3 is 0 Å². The Hall–Kier alpha value is -3.60. The third-order valence-electron chi connectivity index (χ3n) is 6.05. The number of anilines is 2. The van der Waals surface area contributed by atoms with E-state index in [-0.39, 0.29) is 30.3 Å². The smallest absolute Gasteiger partial charge is 0.226 e. The largest absolute Gasteiger partial charge is 0.379 e. The van der Waals surface area contributed by atoms with E-state index < -0.39 is 0 Å². The Morgan fingerprint density at radius 3 is 2.31 bits per heavy atom. The summed E-state index contributed by atoms with van der Waals surface area (Å²) in [4.78, 5) is 26.8. The summed E-state index contributed by atoms with van der Waals surface area (Å²) in [7, 11) is 0. The van der Waals surface area contributed by atoms with Gasteiger partial charge in [-0.25, -0.2) is 0 Å². The SMILES string of the molecule is CC(=O)N1CCc2ccccc2C1CC(=O)Nc1ccc(NC(C)c2ccccc2)cc1. The lowest BCUT2D eigenvalue weighted by Crippen LogP contribution is -2.40. The Bertz CT molecular complexity index is 1080. The standard InChI is InChI=1S/C27H29N3O2/c1-19(21-8-4-3-5-9-21)28-23-12-14-24(15-13-23)29-27(32)18-26-25-11-7-6-10-22(25)16-17-30(26)20(2)31/h3-15,19,26,28H,16-18H2,1-2H3,(H,29,32). The molecule has 4 rings (SSSR count). The molecule has 0 bridgehead atoms. The van der Waals surface area contributed by atoms with Crippen LogP contribution in [0.2, 0.25) is 0 Å². The summed E-state index contributed by atoms with van der Waals surface area (Å²) in [6, 6.07) is 26.0. The quantitative estimate of drug-likeness (QED) is 0.559. The van der Waals surface area contributed by atoms with Gasteiger partial charge in [0.25, 0.3) is 0 Å². The fraction of sp³-hybridized carbons (Fsp3) is 0.259. The van der Waals surface area contributed by atoms with Gasteiger partial charge in [-0.15, -0.1) is 0 Å². The molecule has 5 heteroatoms. The zero-order valence-electron chi connectivity index (χ0n) is 18.5. The van der Waals surface area contributed by atoms with E-state index in [0.717, 1.165) is 23.4 Å². The van der Waals surface area contributed by atoms with Gasteiger partial charge in [-0.2, -0.15) is 0 Å². The first kappa shape index (κ1) is 21.6. The highest BCUT2D eigenvalue weighted by molar-refractivity contribution is 5.92. The first-order chi connectivity index (χ1) is 15.5. The second kappa shape index (κ2) is 9.69. The van der Waals surface area contributed by atoms with Crippen molar-refractivity contribution < 1.29 is 9.59 Å². The molecule has 1 heterocycles. The van der Waals surface area contributed by atoms with Crippen molar-refractivity contribution in [2.45, 2.75) is 38.8 Å². The van der Waals surface area contributed by atoms with Crippen molar-refractivity contribution in [2.24, 2.45) is 0 Å². The van der Waals surface area contributed by atoms with E-state index >= 15 is 0 Å². The lowest BCUT2D eigenvalue weighted by Gasteiger charge is -2.36. The summed E-state index contributed by atoms with van der Waals surface area (Å²) in [6.07, 6.45) is 1.06. The third-order valence-corrected chi connectivity index (χ3v) is 6.05. The Morgan fingerprint density at radius 1 is 0.938 bits per heavy atom. The number of nitrogens with one attached hydrogen (secondary N) is 2. The van der Waals surface area contributed by atoms with Crippen LogP contribution < -0.4 is 10.6 Å². The molecule has 2 unspecified atom stereocenters. The van der Waals surface area contributed by atoms with E-state index in [0.29, 0.717) is 6.54 Å². The molecule has 2 amide bonds. The Morgan fingerprint density at radius 2 is 1.59 bits per heavy atom. The normalized spacial score (nSPS) is 16.1. The average Bonchev–Trinajstić information content (AvgIpc) is 2.81. The topological polar surface area (TPSA) is 61.4 Å². The maximum Gasteiger partial charge on any atom is 0.226 e. The summed E-state index contributed by atoms with van der Waals surface area (Å²) >= 11 is 0. The van der Waals surface area contributed by atoms with Crippen molar-refractivity contribution >= 4 is 23.2 Å². The minimum atomic E-state index is -0.231. The number of hydrogen-bond acceptors (Lipinski definition) is 3. The molecule has 2 atom stereocenters. The molecular formula is C27H29N3O2. The van der Waals surface area contributed by atoms with Crippen molar-refractivity contribution in [1.29, 1.82) is 0 Å². The molecule has 0 saturated carbocycles. The molecule has 5 nitrogen and oxygen atoms in total. The van der Waals surface area contributed by atoms with E-state index in [1.807, 2.05) is 60.7 Å². The second-order valence-corrected chi connectivity index (χ2v) is 8.28. The molecule has 3 aromatic carbocycles. The predicted octanol–water partition coefficient (Wildman–Crippen LogP) is 5.33. The average molecular weight is 428 g/mol. The van der Waals surface area contributed by atoms with E-state index in [1.165, 1.54) is 11.1 Å². The van der Waals surface area contributed by atoms with Gasteiger partial charge in [0.15, 0.2) is 0 Å². The fourth-order valence-electron chi connectivity index (χ4n) is 4.36. The molecule has 0 aromatic heterocycles. The first-order valence-electron chi connectivity index (χ1n) is 11.1. The van der Waals surface area contributed by atoms with Crippen LogP contribution in [-0.2, 0) is 16.0 Å². The van der Waals surface area contributed by atoms with Crippen LogP contribution in [0.4, 0.5) is 11.4 Å². The van der Waals surface area contributed by atoms with Gasteiger partial charge in [0.05, 0.1) is 12.5 Å². The molecule has 2 N–H and O–H groups in total. The molecule has 32 heavy (non-hydrogen) atoms. The molecule has 0 aliphatic carbocycles. The number of nitrogens with zero attached hydrogens (tertiary/aromatic N) is 1. The van der Waals surface area contributed by atoms with Crippen molar-refractivity contribution in [3.63, 3.8) is 0 Å². The van der Waals surface area contributed by atoms with Crippen LogP contribution in [0.1, 0.15) is 49.0 Å². The summed E-state index contributed by atoms with van der Waals surface area (Å²) < 4.78 is 0. The van der Waals surface area contributed by atoms with Crippen LogP contribution in [-0.4, -0.2) is 23.3 Å². The van der Waals surface area contributed by atoms with Crippen LogP contribution in [0, 0.1) is 0 Å². The van der Waals surface area contributed by atoms with Gasteiger partial charge in [0, 0.05) is 30.9 Å². The number of hydrogen-bond donors (Lipinski definition) is 2. The number of carbonyl (C=O) groups is 2. The van der Waals surface area contributed by atoms with Gasteiger partial charge < -0.3 is 15.5 Å². The van der Waals surface area contributed by atoms with Crippen molar-refractivity contribution in [1.82, 2.24) is 4.90 Å². The van der Waals surface area contributed by atoms with Crippen molar-refractivity contribution in [3.05, 3.63) is 95.6 Å². The van der Waals surface area contributed by atoms with E-state index in [1.54, 1.807) is 11.8 Å². The summed E-state index contributed by atoms with van der Waals surface area (Å²) in [6.45, 7) is 4.33. The number of amides is 2. The fourth-order valence-corrected chi connectivity index (χ4v) is 4.36. The van der Waals surface area contributed by atoms with Gasteiger partial charge in [-0.3, -0.25) is 9.59 Å². The van der Waals surface area contributed by atoms with Gasteiger partial charge in [0.1, 0.15) is 0 Å². The monoisotopic (exact) mass is 427 g/mol. The van der Waals surface area contributed by atoms with Crippen LogP contribution in [0.15, 0.2) is 78.9 Å². The number of rotatable bonds is 6. The summed E-state index contributed by atoms with van der Waals surface area (Å²) in [5.74, 6) is -0.100. The Kier molecular flexibility index (Phi) is 6.55. The van der Waals surface area contributed by atoms with Gasteiger partial charge in [-0.05, 0) is 54.3 Å². The van der Waals surface area contributed by atoms with Gasteiger partial charge in [-0.1, -0.05) is 54.6 Å². The van der Waals surface area contributed by atoms with Crippen LogP contribution in [0.5, 0.6) is 0 Å². The third kappa shape index (κ3) is 4.99. The number of fused-ring (bicyclic) bond motifs is 1. The minimum Gasteiger partial charge on any atom is -0.379 e. The Labute approximate surface area is 189 Å². The molecule has 1 aliphatic rings. The maximum absolute atomic E-state index is 12.8. The first-order valence-corrected chi connectivity index (χ1v) is 11.1. The molecule has 0 spiro atoms. The highest BCUT2D eigenvalue weighted by atomic mass is 16.2. The Balaban J connectivity index is 1.40. The van der Waals surface area contributed by atoms with E-state index in [2.05, 4.69) is 35.8 Å². The van der Waals surface area contributed by atoms with Crippen molar-refractivity contribution in [2.75, 3.05) is 17.2 Å². The van der Waals surface area contributed by atoms with Crippen LogP contribution in [0.3, 0.4) is 0 Å². The minimum absolute atomic E-state index is 0.000247. The second-order valence-electron chi connectivity index (χ2n) is 8.28. The zero-order valence-corrected chi connectivity index (χ0v) is 18.5. The molecule has 164 valence electrons. The van der Waals surface area contributed by atoms with Crippen LogP contribution >= 0.6 is 0 Å². The lowest BCUT2D eigenvalue weighted by atomic mass is 9.90. The van der Waals surface area contributed by atoms with Crippen LogP contribution in [0.25, 0.3) is 0 Å². The summed E-state index contributed by atoms with van der Waals surface area (Å²) in [5, 5.41) is 6.46. The van der Waals surface area contributed by atoms with E-state index in [9.17, 15) is 9.59 Å². The molecule has 1 aliphatic heterocycles. The van der Waals surface area contributed by atoms with Gasteiger partial charge in [0.2, 0.25) is 11.8 Å². The molecule has 0 radical (unpaired) electrons. The maximum atomic E-state index is 12.8. The number of carbonyl (C=O) groups excluding carboxylic acids is 2. The number of benzene rings is 3. The molecule has 0 fully saturated rings. The van der Waals surface area contributed by atoms with E-state index in [4.69, 9.17) is 0 Å². The highest BCUT2D eigenvalue weighted by Gasteiger charge is 2.30. The zero-order chi connectivity index (χ0) is 22.5. The highest BCUT2D eigenvalue weighted by Crippen LogP contribution is 2.32. The lowest BCUT2D eigenvalue weighted by molar-refractivity contribution is -0.132. The predicted molar refractivity (Wildman–Crippen MR) is 128 cm³/mol. The molecule has 0 saturated heterocycles. The molecular weight excluding hydrogens is 398 g/mol. The summed E-state index contributed by atoms with van der Waals surface area (Å²) in [5.41, 5.74) is 5.23.